The van der Waals surface area contributed by atoms with E-state index in [0.717, 1.165) is 6.42 Å². The highest BCUT2D eigenvalue weighted by Crippen LogP contribution is 2.27. The zero-order valence-corrected chi connectivity index (χ0v) is 12.0. The van der Waals surface area contributed by atoms with Gasteiger partial charge in [-0.15, -0.1) is 0 Å². The molecule has 0 saturated carbocycles. The van der Waals surface area contributed by atoms with Crippen LogP contribution in [-0.2, 0) is 0 Å². The molecule has 0 unspecified atom stereocenters. The summed E-state index contributed by atoms with van der Waals surface area (Å²) in [5, 5.41) is 12.3. The highest BCUT2D eigenvalue weighted by Gasteiger charge is 2.14. The van der Waals surface area contributed by atoms with E-state index >= 15 is 0 Å². The topological polar surface area (TPSA) is 84.3 Å². The molecule has 1 heterocycles. The van der Waals surface area contributed by atoms with E-state index in [0.29, 0.717) is 29.5 Å². The number of ether oxygens (including phenoxy) is 1. The number of benzene rings is 1. The monoisotopic (exact) mass is 287 g/mol. The van der Waals surface area contributed by atoms with Crippen molar-refractivity contribution in [2.45, 2.75) is 13.3 Å². The number of carboxylic acid groups (broad SMARTS) is 1. The first-order valence-corrected chi connectivity index (χ1v) is 6.65. The summed E-state index contributed by atoms with van der Waals surface area (Å²) in [5.74, 6) is 0.325. The van der Waals surface area contributed by atoms with Crippen molar-refractivity contribution in [3.8, 4) is 17.1 Å². The number of hydrogen-bond acceptors (Lipinski definition) is 5. The normalized spacial score (nSPS) is 10.2. The van der Waals surface area contributed by atoms with Crippen molar-refractivity contribution in [3.05, 3.63) is 36.0 Å². The minimum absolute atomic E-state index is 0.0514. The second kappa shape index (κ2) is 6.69. The zero-order valence-electron chi connectivity index (χ0n) is 12.0. The third-order valence-electron chi connectivity index (χ3n) is 2.85. The highest BCUT2D eigenvalue weighted by molar-refractivity contribution is 5.87. The van der Waals surface area contributed by atoms with Crippen LogP contribution >= 0.6 is 0 Å². The van der Waals surface area contributed by atoms with Crippen LogP contribution in [0.25, 0.3) is 11.4 Å². The van der Waals surface area contributed by atoms with E-state index in [-0.39, 0.29) is 5.69 Å². The van der Waals surface area contributed by atoms with Crippen LogP contribution in [0.15, 0.2) is 30.3 Å². The summed E-state index contributed by atoms with van der Waals surface area (Å²) in [5.41, 5.74) is 0.604. The Morgan fingerprint density at radius 2 is 2.10 bits per heavy atom. The molecule has 0 atom stereocenters. The maximum absolute atomic E-state index is 11.2. The molecule has 2 N–H and O–H groups in total. The molecule has 0 aliphatic rings. The second-order valence-corrected chi connectivity index (χ2v) is 4.39. The van der Waals surface area contributed by atoms with Gasteiger partial charge in [-0.1, -0.05) is 19.1 Å². The lowest BCUT2D eigenvalue weighted by Gasteiger charge is -2.10. The number of nitrogens with zero attached hydrogens (tertiary/aromatic N) is 2. The minimum Gasteiger partial charge on any atom is -0.496 e. The van der Waals surface area contributed by atoms with Crippen molar-refractivity contribution >= 4 is 11.8 Å². The van der Waals surface area contributed by atoms with E-state index in [4.69, 9.17) is 4.74 Å². The van der Waals surface area contributed by atoms with Crippen molar-refractivity contribution in [1.29, 1.82) is 0 Å². The molecule has 21 heavy (non-hydrogen) atoms. The van der Waals surface area contributed by atoms with Crippen LogP contribution in [0.5, 0.6) is 5.75 Å². The predicted molar refractivity (Wildman–Crippen MR) is 79.8 cm³/mol. The van der Waals surface area contributed by atoms with Crippen LogP contribution in [0.4, 0.5) is 5.82 Å². The van der Waals surface area contributed by atoms with Gasteiger partial charge < -0.3 is 15.2 Å². The van der Waals surface area contributed by atoms with Gasteiger partial charge in [0.25, 0.3) is 0 Å². The lowest BCUT2D eigenvalue weighted by Crippen LogP contribution is -2.08. The summed E-state index contributed by atoms with van der Waals surface area (Å²) in [6.07, 6.45) is 0.913. The van der Waals surface area contributed by atoms with Crippen LogP contribution in [0.1, 0.15) is 23.8 Å². The molecular weight excluding hydrogens is 270 g/mol. The zero-order chi connectivity index (χ0) is 15.2. The van der Waals surface area contributed by atoms with E-state index in [9.17, 15) is 9.90 Å². The Labute approximate surface area is 122 Å². The van der Waals surface area contributed by atoms with Crippen molar-refractivity contribution in [2.24, 2.45) is 0 Å². The third-order valence-corrected chi connectivity index (χ3v) is 2.85. The number of rotatable bonds is 6. The molecule has 0 amide bonds. The molecule has 0 aliphatic carbocycles. The van der Waals surface area contributed by atoms with Gasteiger partial charge in [0, 0.05) is 12.6 Å². The smallest absolute Gasteiger partial charge is 0.354 e. The number of aromatic carboxylic acids is 1. The first-order valence-electron chi connectivity index (χ1n) is 6.65. The van der Waals surface area contributed by atoms with Gasteiger partial charge in [-0.05, 0) is 18.6 Å². The fourth-order valence-electron chi connectivity index (χ4n) is 1.85. The fraction of sp³-hybridized carbons (Fsp3) is 0.267. The van der Waals surface area contributed by atoms with Crippen LogP contribution in [0, 0.1) is 0 Å². The van der Waals surface area contributed by atoms with E-state index in [1.807, 2.05) is 19.1 Å². The average Bonchev–Trinajstić information content (AvgIpc) is 2.52. The fourth-order valence-corrected chi connectivity index (χ4v) is 1.85. The van der Waals surface area contributed by atoms with Crippen molar-refractivity contribution in [3.63, 3.8) is 0 Å². The molecule has 2 rings (SSSR count). The van der Waals surface area contributed by atoms with Crippen molar-refractivity contribution < 1.29 is 14.6 Å². The Hall–Kier alpha value is -2.63. The number of carbonyl (C=O) groups is 1. The van der Waals surface area contributed by atoms with Gasteiger partial charge in [0.2, 0.25) is 0 Å². The van der Waals surface area contributed by atoms with Crippen LogP contribution in [0.2, 0.25) is 0 Å². The molecule has 6 heteroatoms. The van der Waals surface area contributed by atoms with Crippen LogP contribution < -0.4 is 10.1 Å². The van der Waals surface area contributed by atoms with Crippen LogP contribution in [0.3, 0.4) is 0 Å². The first-order chi connectivity index (χ1) is 10.2. The number of anilines is 1. The largest absolute Gasteiger partial charge is 0.496 e. The van der Waals surface area contributed by atoms with Gasteiger partial charge >= 0.3 is 5.97 Å². The molecule has 2 aromatic rings. The first kappa shape index (κ1) is 14.8. The summed E-state index contributed by atoms with van der Waals surface area (Å²) in [7, 11) is 1.55. The molecular formula is C15H17N3O3. The maximum Gasteiger partial charge on any atom is 0.354 e. The van der Waals surface area contributed by atoms with E-state index in [1.54, 1.807) is 19.2 Å². The van der Waals surface area contributed by atoms with Gasteiger partial charge in [0.15, 0.2) is 11.5 Å². The Balaban J connectivity index is 2.51. The van der Waals surface area contributed by atoms with Gasteiger partial charge in [-0.2, -0.15) is 0 Å². The number of nitrogens with one attached hydrogen (secondary N) is 1. The molecule has 0 aliphatic heterocycles. The molecule has 1 aromatic heterocycles. The summed E-state index contributed by atoms with van der Waals surface area (Å²) < 4.78 is 5.27. The van der Waals surface area contributed by atoms with Crippen molar-refractivity contribution in [1.82, 2.24) is 9.97 Å². The molecule has 1 aromatic carbocycles. The SMILES string of the molecule is CCCNc1cc(C(=O)O)nc(-c2ccccc2OC)n1. The van der Waals surface area contributed by atoms with Gasteiger partial charge in [0.1, 0.15) is 11.6 Å². The Morgan fingerprint density at radius 1 is 1.33 bits per heavy atom. The summed E-state index contributed by atoms with van der Waals surface area (Å²) in [4.78, 5) is 19.7. The number of para-hydroxylation sites is 1. The van der Waals surface area contributed by atoms with E-state index < -0.39 is 5.97 Å². The number of carboxylic acids is 1. The summed E-state index contributed by atoms with van der Waals surface area (Å²) in [6, 6.07) is 8.67. The molecule has 0 radical (unpaired) electrons. The molecule has 0 saturated heterocycles. The second-order valence-electron chi connectivity index (χ2n) is 4.39. The lowest BCUT2D eigenvalue weighted by atomic mass is 10.2. The quantitative estimate of drug-likeness (QED) is 0.849. The summed E-state index contributed by atoms with van der Waals surface area (Å²) in [6.45, 7) is 2.73. The number of hydrogen-bond donors (Lipinski definition) is 2. The number of methoxy groups -OCH3 is 1. The molecule has 0 spiro atoms. The molecule has 6 nitrogen and oxygen atoms in total. The summed E-state index contributed by atoms with van der Waals surface area (Å²) >= 11 is 0. The van der Waals surface area contributed by atoms with Crippen molar-refractivity contribution in [2.75, 3.05) is 19.0 Å². The Morgan fingerprint density at radius 3 is 2.76 bits per heavy atom. The van der Waals surface area contributed by atoms with Gasteiger partial charge in [-0.3, -0.25) is 0 Å². The third kappa shape index (κ3) is 3.47. The average molecular weight is 287 g/mol. The highest BCUT2D eigenvalue weighted by atomic mass is 16.5. The Kier molecular flexibility index (Phi) is 4.71. The predicted octanol–water partition coefficient (Wildman–Crippen LogP) is 2.67. The minimum atomic E-state index is -1.09. The van der Waals surface area contributed by atoms with E-state index in [2.05, 4.69) is 15.3 Å². The Bertz CT molecular complexity index is 644. The van der Waals surface area contributed by atoms with E-state index in [1.165, 1.54) is 6.07 Å². The van der Waals surface area contributed by atoms with Gasteiger partial charge in [-0.25, -0.2) is 14.8 Å². The number of aromatic nitrogens is 2. The molecule has 0 fully saturated rings. The maximum atomic E-state index is 11.2. The van der Waals surface area contributed by atoms with Crippen LogP contribution in [-0.4, -0.2) is 34.7 Å². The van der Waals surface area contributed by atoms with Gasteiger partial charge in [0.05, 0.1) is 12.7 Å². The molecule has 0 bridgehead atoms. The molecule has 110 valence electrons. The lowest BCUT2D eigenvalue weighted by molar-refractivity contribution is 0.0690. The standard InChI is InChI=1S/C15H17N3O3/c1-3-8-16-13-9-11(15(19)20)17-14(18-13)10-6-4-5-7-12(10)21-2/h4-7,9H,3,8H2,1-2H3,(H,19,20)(H,16,17,18).